The molecule has 15 aromatic carbocycles. The Kier molecular flexibility index (Phi) is 87.9. The van der Waals surface area contributed by atoms with Crippen LogP contribution in [0.2, 0.25) is 0 Å². The minimum atomic E-state index is 0. The Labute approximate surface area is 972 Å². The van der Waals surface area contributed by atoms with Gasteiger partial charge < -0.3 is 44.6 Å². The molecule has 0 amide bonds. The molecule has 9 nitrogen and oxygen atoms in total. The van der Waals surface area contributed by atoms with Crippen molar-refractivity contribution in [1.29, 1.82) is 0 Å². The van der Waals surface area contributed by atoms with Crippen molar-refractivity contribution in [2.24, 2.45) is 0 Å². The van der Waals surface area contributed by atoms with Crippen molar-refractivity contribution >= 4 is 130 Å². The van der Waals surface area contributed by atoms with E-state index in [1.807, 2.05) is 398 Å². The Morgan fingerprint density at radius 2 is 0.227 bits per heavy atom. The monoisotopic (exact) mass is 2210 g/mol. The van der Waals surface area contributed by atoms with E-state index in [9.17, 15) is 0 Å². The van der Waals surface area contributed by atoms with Gasteiger partial charge in [0, 0.05) is 229 Å². The number of hydrogen-bond acceptors (Lipinski definition) is 9. The molecule has 24 rings (SSSR count). The molecule has 774 valence electrons. The molecule has 6 radical (unpaired) electrons. The quantitative estimate of drug-likeness (QED) is 0.108. The van der Waals surface area contributed by atoms with E-state index in [1.54, 1.807) is 0 Å². The van der Waals surface area contributed by atoms with Crippen LogP contribution in [-0.2, 0) is 111 Å². The molecule has 0 saturated heterocycles. The van der Waals surface area contributed by atoms with Crippen LogP contribution in [0.5, 0.6) is 0 Å². The first kappa shape index (κ1) is 148. The van der Waals surface area contributed by atoms with Gasteiger partial charge in [-0.2, -0.15) is 0 Å². The fourth-order valence-corrected chi connectivity index (χ4v) is 13.6. The van der Waals surface area contributed by atoms with Crippen LogP contribution in [0.4, 0.5) is 0 Å². The van der Waals surface area contributed by atoms with Gasteiger partial charge in [0.1, 0.15) is 0 Å². The number of aryl methyl sites for hydroxylation is 6. The Morgan fingerprint density at radius 3 is 0.387 bits per heavy atom. The average molecular weight is 2210 g/mol. The molecule has 0 N–H and O–H groups in total. The summed E-state index contributed by atoms with van der Waals surface area (Å²) in [5.41, 5.74) is 15.5. The standard InChI is InChI=1S/3C14H11N.3C13H10N2.6C6H6.6C2H6.6CH3.6V/c3*1-10-6-7-12-9-8-11-4-2-3-5-13(11)14(12)15-10;3*1-9-4-5-11-7-6-10-3-2-8-14-12(10)13(11)15-9;6*1-2-4-6-5-3-1;6*1-2;;;;;;;;;;;;/h3*2-9H,1H3;3*2-8H,1H3;6*1-6H;6*1-2H3;6*1H3;;;;;;/q;;;;;;;;;;;;;;;;;;6*-1;;;;;;. The van der Waals surface area contributed by atoms with Crippen molar-refractivity contribution in [2.75, 3.05) is 0 Å². The van der Waals surface area contributed by atoms with Crippen LogP contribution in [0.25, 0.3) is 130 Å². The van der Waals surface area contributed by atoms with Crippen LogP contribution in [0.3, 0.4) is 0 Å². The molecule has 0 unspecified atom stereocenters. The first-order chi connectivity index (χ1) is 68.1. The Balaban J connectivity index is -0.000000377. The number of rotatable bonds is 0. The Bertz CT molecular complexity index is 6150. The van der Waals surface area contributed by atoms with Crippen molar-refractivity contribution in [3.8, 4) is 0 Å². The van der Waals surface area contributed by atoms with E-state index >= 15 is 0 Å². The van der Waals surface area contributed by atoms with E-state index < -0.39 is 0 Å². The molecule has 0 bridgehead atoms. The maximum atomic E-state index is 4.60. The first-order valence-corrected chi connectivity index (χ1v) is 48.2. The van der Waals surface area contributed by atoms with Gasteiger partial charge in [-0.1, -0.05) is 502 Å². The summed E-state index contributed by atoms with van der Waals surface area (Å²) in [5.74, 6) is 0. The summed E-state index contributed by atoms with van der Waals surface area (Å²) in [6.07, 6.45) is 5.43. The number of benzene rings is 15. The molecule has 150 heavy (non-hydrogen) atoms. The zero-order valence-corrected chi connectivity index (χ0v) is 101. The topological polar surface area (TPSA) is 116 Å². The fraction of sp³-hybridized carbons (Fsp3) is 0.133. The molecule has 15 heteroatoms. The normalized spacial score (nSPS) is 8.76. The number of pyridine rings is 9. The third-order valence-electron chi connectivity index (χ3n) is 19.9. The fourth-order valence-electron chi connectivity index (χ4n) is 13.6. The number of hydrogen-bond donors (Lipinski definition) is 0. The minimum absolute atomic E-state index is 0. The molecule has 0 aliphatic carbocycles. The molecule has 0 aliphatic heterocycles. The molecular weight excluding hydrogens is 2050 g/mol. The molecule has 0 atom stereocenters. The Hall–Kier alpha value is -12.7. The summed E-state index contributed by atoms with van der Waals surface area (Å²) < 4.78 is 0. The molecule has 24 aromatic rings. The van der Waals surface area contributed by atoms with Gasteiger partial charge in [0.2, 0.25) is 0 Å². The second kappa shape index (κ2) is 89.1. The summed E-state index contributed by atoms with van der Waals surface area (Å²) in [4.78, 5) is 40.6. The van der Waals surface area contributed by atoms with E-state index in [0.29, 0.717) is 0 Å². The molecule has 9 aromatic heterocycles. The van der Waals surface area contributed by atoms with Gasteiger partial charge in [0.15, 0.2) is 0 Å². The summed E-state index contributed by atoms with van der Waals surface area (Å²) in [6, 6.07) is 159. The van der Waals surface area contributed by atoms with Crippen molar-refractivity contribution in [1.82, 2.24) is 44.9 Å². The average Bonchev–Trinajstić information content (AvgIpc) is 0.819. The van der Waals surface area contributed by atoms with Crippen molar-refractivity contribution < 1.29 is 111 Å². The van der Waals surface area contributed by atoms with E-state index in [-0.39, 0.29) is 156 Å². The molecule has 0 fully saturated rings. The van der Waals surface area contributed by atoms with Gasteiger partial charge >= 0.3 is 0 Å². The van der Waals surface area contributed by atoms with Gasteiger partial charge in [0.05, 0.1) is 49.7 Å². The van der Waals surface area contributed by atoms with Gasteiger partial charge in [-0.25, -0.2) is 0 Å². The number of fused-ring (bicyclic) bond motifs is 18. The SMILES string of the molecule is CC.CC.CC.CC.CC.CC.Cc1ccc2ccc3ccccc3c2n1.Cc1ccc2ccc3ccccc3c2n1.Cc1ccc2ccc3ccccc3c2n1.Cc1ccc2ccc3cccnc3c2n1.Cc1ccc2ccc3cccnc3c2n1.Cc1ccc2ccc3cccnc3c2n1.[CH3-].[CH3-].[CH3-].[CH3-].[CH3-].[CH3-].[V].[V].[V].[V].[V].[V].c1ccccc1.c1ccccc1.c1ccccc1.c1ccccc1.c1ccccc1.c1ccccc1. The maximum Gasteiger partial charge on any atom is 0.0967 e. The second-order valence-corrected chi connectivity index (χ2v) is 29.4. The number of aromatic nitrogens is 9. The van der Waals surface area contributed by atoms with Crippen molar-refractivity contribution in [3.63, 3.8) is 0 Å². The molecule has 0 spiro atoms. The summed E-state index contributed by atoms with van der Waals surface area (Å²) in [7, 11) is 0. The maximum absolute atomic E-state index is 4.60. The first-order valence-electron chi connectivity index (χ1n) is 48.2. The van der Waals surface area contributed by atoms with Gasteiger partial charge in [-0.3, -0.25) is 44.9 Å². The van der Waals surface area contributed by atoms with Gasteiger partial charge in [0.25, 0.3) is 0 Å². The van der Waals surface area contributed by atoms with Gasteiger partial charge in [-0.15, -0.1) is 0 Å². The molecule has 0 saturated carbocycles. The summed E-state index contributed by atoms with van der Waals surface area (Å²) >= 11 is 0. The van der Waals surface area contributed by atoms with Crippen LogP contribution >= 0.6 is 0 Å². The number of nitrogens with zero attached hydrogens (tertiary/aromatic N) is 9. The van der Waals surface area contributed by atoms with Crippen molar-refractivity contribution in [2.45, 2.75) is 125 Å². The molecule has 9 heterocycles. The zero-order chi connectivity index (χ0) is 99.0. The summed E-state index contributed by atoms with van der Waals surface area (Å²) in [6.45, 7) is 36.1. The predicted molar refractivity (Wildman–Crippen MR) is 643 cm³/mol. The van der Waals surface area contributed by atoms with Crippen LogP contribution in [0, 0.1) is 86.1 Å². The van der Waals surface area contributed by atoms with E-state index in [1.165, 1.54) is 48.5 Å². The zero-order valence-electron chi connectivity index (χ0n) is 92.5. The van der Waals surface area contributed by atoms with Crippen LogP contribution in [0.1, 0.15) is 117 Å². The third kappa shape index (κ3) is 49.8. The van der Waals surface area contributed by atoms with Crippen LogP contribution in [-0.4, -0.2) is 44.9 Å². The van der Waals surface area contributed by atoms with Gasteiger partial charge in [-0.05, 0) is 112 Å². The molecule has 0 aliphatic rings. The van der Waals surface area contributed by atoms with Crippen LogP contribution in [0.15, 0.2) is 492 Å². The van der Waals surface area contributed by atoms with E-state index in [2.05, 4.69) is 263 Å². The predicted octanol–water partition coefficient (Wildman–Crippen LogP) is 39.3. The Morgan fingerprint density at radius 1 is 0.113 bits per heavy atom. The third-order valence-corrected chi connectivity index (χ3v) is 19.9. The summed E-state index contributed by atoms with van der Waals surface area (Å²) in [5, 5.41) is 17.9. The minimum Gasteiger partial charge on any atom is -0.358 e. The second-order valence-electron chi connectivity index (χ2n) is 29.4. The van der Waals surface area contributed by atoms with Crippen LogP contribution < -0.4 is 0 Å². The van der Waals surface area contributed by atoms with E-state index in [4.69, 9.17) is 0 Å². The van der Waals surface area contributed by atoms with Crippen molar-refractivity contribution in [3.05, 3.63) is 570 Å². The smallest absolute Gasteiger partial charge is 0.0967 e. The largest absolute Gasteiger partial charge is 0.358 e. The van der Waals surface area contributed by atoms with E-state index in [0.717, 1.165) is 116 Å². The molecular formula is C135H153N9V6-6.